The highest BCUT2D eigenvalue weighted by Gasteiger charge is 2.54. The molecule has 4 aliphatic carbocycles. The summed E-state index contributed by atoms with van der Waals surface area (Å²) < 4.78 is 2.15. The maximum absolute atomic E-state index is 12.8. The van der Waals surface area contributed by atoms with Crippen LogP contribution in [0.3, 0.4) is 0 Å². The lowest BCUT2D eigenvalue weighted by Crippen LogP contribution is -2.52. The minimum atomic E-state index is 0.118. The van der Waals surface area contributed by atoms with Gasteiger partial charge in [-0.1, -0.05) is 13.8 Å². The van der Waals surface area contributed by atoms with E-state index in [1.807, 2.05) is 18.3 Å². The van der Waals surface area contributed by atoms with Crippen molar-refractivity contribution in [3.63, 3.8) is 0 Å². The standard InChI is InChI=1S/C21H28N4O/c1-21(2)14-9-8-13(16(21)12-14)11-18(26)24-20-23-17-7-4-10-22-19(17)25(20)15-5-3-6-15/h4,7,10,13-16H,3,5-6,8-9,11-12H2,1-2H3,(H,23,24,26). The predicted octanol–water partition coefficient (Wildman–Crippen LogP) is 4.56. The number of hydrogen-bond donors (Lipinski definition) is 1. The fourth-order valence-electron chi connectivity index (χ4n) is 5.63. The fourth-order valence-corrected chi connectivity index (χ4v) is 5.63. The van der Waals surface area contributed by atoms with Crippen LogP contribution in [-0.4, -0.2) is 20.4 Å². The highest BCUT2D eigenvalue weighted by Crippen LogP contribution is 2.62. The van der Waals surface area contributed by atoms with Crippen LogP contribution in [0.1, 0.15) is 64.8 Å². The van der Waals surface area contributed by atoms with Crippen LogP contribution < -0.4 is 5.32 Å². The van der Waals surface area contributed by atoms with Gasteiger partial charge in [0.25, 0.3) is 0 Å². The second-order valence-corrected chi connectivity index (χ2v) is 9.19. The normalized spacial score (nSPS) is 29.8. The Bertz CT molecular complexity index is 849. The molecule has 1 N–H and O–H groups in total. The molecule has 0 saturated heterocycles. The number of amides is 1. The molecule has 2 bridgehead atoms. The van der Waals surface area contributed by atoms with Gasteiger partial charge in [-0.05, 0) is 73.8 Å². The van der Waals surface area contributed by atoms with E-state index < -0.39 is 0 Å². The number of nitrogens with zero attached hydrogens (tertiary/aromatic N) is 3. The van der Waals surface area contributed by atoms with Crippen LogP contribution in [0.15, 0.2) is 18.3 Å². The monoisotopic (exact) mass is 352 g/mol. The lowest BCUT2D eigenvalue weighted by atomic mass is 9.45. The van der Waals surface area contributed by atoms with Gasteiger partial charge in [-0.2, -0.15) is 0 Å². The van der Waals surface area contributed by atoms with Gasteiger partial charge in [0.15, 0.2) is 5.65 Å². The quantitative estimate of drug-likeness (QED) is 0.877. The van der Waals surface area contributed by atoms with Crippen LogP contribution in [0, 0.1) is 23.2 Å². The van der Waals surface area contributed by atoms with E-state index in [0.717, 1.165) is 29.9 Å². The molecule has 2 heterocycles. The average Bonchev–Trinajstić information content (AvgIpc) is 2.91. The maximum atomic E-state index is 12.8. The van der Waals surface area contributed by atoms with Crippen LogP contribution in [-0.2, 0) is 4.79 Å². The molecule has 0 radical (unpaired) electrons. The Morgan fingerprint density at radius 1 is 1.31 bits per heavy atom. The number of carbonyl (C=O) groups is 1. The lowest BCUT2D eigenvalue weighted by Gasteiger charge is -2.60. The third kappa shape index (κ3) is 2.39. The summed E-state index contributed by atoms with van der Waals surface area (Å²) in [4.78, 5) is 22.0. The van der Waals surface area contributed by atoms with Crippen LogP contribution in [0.25, 0.3) is 11.2 Å². The van der Waals surface area contributed by atoms with Gasteiger partial charge in [-0.25, -0.2) is 9.97 Å². The summed E-state index contributed by atoms with van der Waals surface area (Å²) in [7, 11) is 0. The van der Waals surface area contributed by atoms with E-state index in [1.54, 1.807) is 0 Å². The topological polar surface area (TPSA) is 59.8 Å². The Morgan fingerprint density at radius 2 is 2.15 bits per heavy atom. The van der Waals surface area contributed by atoms with Crippen molar-refractivity contribution in [2.24, 2.45) is 23.2 Å². The molecule has 26 heavy (non-hydrogen) atoms. The van der Waals surface area contributed by atoms with Crippen molar-refractivity contribution in [2.75, 3.05) is 5.32 Å². The average molecular weight is 352 g/mol. The number of aromatic nitrogens is 3. The Balaban J connectivity index is 1.35. The highest BCUT2D eigenvalue weighted by molar-refractivity contribution is 5.91. The minimum absolute atomic E-state index is 0.118. The largest absolute Gasteiger partial charge is 0.296 e. The molecule has 4 fully saturated rings. The van der Waals surface area contributed by atoms with E-state index in [1.165, 1.54) is 25.7 Å². The molecule has 2 aromatic rings. The van der Waals surface area contributed by atoms with E-state index in [2.05, 4.69) is 33.7 Å². The summed E-state index contributed by atoms with van der Waals surface area (Å²) in [5, 5.41) is 3.13. The maximum Gasteiger partial charge on any atom is 0.226 e. The highest BCUT2D eigenvalue weighted by atomic mass is 16.1. The van der Waals surface area contributed by atoms with E-state index in [-0.39, 0.29) is 5.91 Å². The Hall–Kier alpha value is -1.91. The molecular formula is C21H28N4O. The SMILES string of the molecule is CC1(C)C2CCC(CC(=O)Nc3nc4cccnc4n3C3CCC3)C1C2. The molecule has 0 aromatic carbocycles. The number of fused-ring (bicyclic) bond motifs is 3. The number of anilines is 1. The number of carbonyl (C=O) groups excluding carboxylic acids is 1. The number of imidazole rings is 1. The molecule has 1 amide bonds. The van der Waals surface area contributed by atoms with Crippen molar-refractivity contribution >= 4 is 23.0 Å². The fraction of sp³-hybridized carbons (Fsp3) is 0.667. The molecule has 138 valence electrons. The first-order valence-corrected chi connectivity index (χ1v) is 10.2. The number of nitrogens with one attached hydrogen (secondary N) is 1. The van der Waals surface area contributed by atoms with Gasteiger partial charge in [0.05, 0.1) is 0 Å². The summed E-state index contributed by atoms with van der Waals surface area (Å²) in [6.45, 7) is 4.77. The number of pyridine rings is 1. The molecule has 4 aliphatic rings. The van der Waals surface area contributed by atoms with Gasteiger partial charge in [0, 0.05) is 18.7 Å². The third-order valence-electron chi connectivity index (χ3n) is 7.59. The summed E-state index contributed by atoms with van der Waals surface area (Å²) in [6.07, 6.45) is 9.76. The smallest absolute Gasteiger partial charge is 0.226 e. The van der Waals surface area contributed by atoms with E-state index in [0.29, 0.717) is 35.7 Å². The molecular weight excluding hydrogens is 324 g/mol. The van der Waals surface area contributed by atoms with Gasteiger partial charge in [-0.15, -0.1) is 0 Å². The molecule has 5 nitrogen and oxygen atoms in total. The first-order chi connectivity index (χ1) is 12.5. The van der Waals surface area contributed by atoms with E-state index in [4.69, 9.17) is 0 Å². The predicted molar refractivity (Wildman–Crippen MR) is 102 cm³/mol. The Kier molecular flexibility index (Phi) is 3.63. The van der Waals surface area contributed by atoms with Crippen molar-refractivity contribution in [1.82, 2.24) is 14.5 Å². The van der Waals surface area contributed by atoms with Crippen molar-refractivity contribution in [1.29, 1.82) is 0 Å². The molecule has 5 heteroatoms. The zero-order chi connectivity index (χ0) is 17.9. The Morgan fingerprint density at radius 3 is 2.85 bits per heavy atom. The van der Waals surface area contributed by atoms with Crippen molar-refractivity contribution in [3.05, 3.63) is 18.3 Å². The van der Waals surface area contributed by atoms with Gasteiger partial charge in [-0.3, -0.25) is 14.7 Å². The summed E-state index contributed by atoms with van der Waals surface area (Å²) in [5.41, 5.74) is 2.19. The molecule has 0 spiro atoms. The molecule has 6 rings (SSSR count). The summed E-state index contributed by atoms with van der Waals surface area (Å²) >= 11 is 0. The van der Waals surface area contributed by atoms with Crippen LogP contribution in [0.5, 0.6) is 0 Å². The van der Waals surface area contributed by atoms with Crippen LogP contribution in [0.4, 0.5) is 5.95 Å². The van der Waals surface area contributed by atoms with Gasteiger partial charge >= 0.3 is 0 Å². The first kappa shape index (κ1) is 16.3. The zero-order valence-corrected chi connectivity index (χ0v) is 15.7. The summed E-state index contributed by atoms with van der Waals surface area (Å²) in [6, 6.07) is 4.31. The van der Waals surface area contributed by atoms with E-state index >= 15 is 0 Å². The second kappa shape index (κ2) is 5.80. The van der Waals surface area contributed by atoms with Crippen LogP contribution >= 0.6 is 0 Å². The van der Waals surface area contributed by atoms with Crippen molar-refractivity contribution in [2.45, 2.75) is 64.8 Å². The van der Waals surface area contributed by atoms with Gasteiger partial charge in [0.1, 0.15) is 5.52 Å². The second-order valence-electron chi connectivity index (χ2n) is 9.19. The zero-order valence-electron chi connectivity index (χ0n) is 15.7. The van der Waals surface area contributed by atoms with Crippen molar-refractivity contribution < 1.29 is 4.79 Å². The van der Waals surface area contributed by atoms with Crippen LogP contribution in [0.2, 0.25) is 0 Å². The minimum Gasteiger partial charge on any atom is -0.296 e. The van der Waals surface area contributed by atoms with Gasteiger partial charge < -0.3 is 0 Å². The summed E-state index contributed by atoms with van der Waals surface area (Å²) in [5.74, 6) is 2.91. The molecule has 0 aliphatic heterocycles. The first-order valence-electron chi connectivity index (χ1n) is 10.2. The Labute approximate surface area is 154 Å². The molecule has 3 atom stereocenters. The molecule has 4 saturated carbocycles. The molecule has 3 unspecified atom stereocenters. The number of rotatable bonds is 4. The third-order valence-corrected chi connectivity index (χ3v) is 7.59. The van der Waals surface area contributed by atoms with E-state index in [9.17, 15) is 4.79 Å². The lowest BCUT2D eigenvalue weighted by molar-refractivity contribution is -0.128. The number of hydrogen-bond acceptors (Lipinski definition) is 3. The molecule has 2 aromatic heterocycles. The van der Waals surface area contributed by atoms with Gasteiger partial charge in [0.2, 0.25) is 11.9 Å². The van der Waals surface area contributed by atoms with Crippen molar-refractivity contribution in [3.8, 4) is 0 Å².